The number of likely N-dealkylation sites (N-methyl/N-ethyl adjacent to an activating group) is 1. The maximum Gasteiger partial charge on any atom is 0.251 e. The van der Waals surface area contributed by atoms with E-state index in [9.17, 15) is 4.79 Å². The van der Waals surface area contributed by atoms with Crippen molar-refractivity contribution < 1.29 is 9.53 Å². The van der Waals surface area contributed by atoms with Crippen LogP contribution in [0.25, 0.3) is 0 Å². The molecule has 1 aromatic rings. The summed E-state index contributed by atoms with van der Waals surface area (Å²) in [5.74, 6) is 0.0964. The van der Waals surface area contributed by atoms with Crippen LogP contribution in [0.1, 0.15) is 24.8 Å². The molecule has 0 N–H and O–H groups in total. The molecule has 21 heavy (non-hydrogen) atoms. The van der Waals surface area contributed by atoms with Crippen molar-refractivity contribution in [2.75, 3.05) is 20.6 Å². The maximum atomic E-state index is 12.0. The summed E-state index contributed by atoms with van der Waals surface area (Å²) in [6, 6.07) is 4.53. The number of amides is 1. The molecule has 0 spiro atoms. The first kappa shape index (κ1) is 14.5. The molecule has 5 nitrogen and oxygen atoms in total. The molecule has 5 heteroatoms. The van der Waals surface area contributed by atoms with Crippen molar-refractivity contribution >= 4 is 5.91 Å². The van der Waals surface area contributed by atoms with Crippen molar-refractivity contribution in [3.8, 4) is 0 Å². The molecule has 2 fully saturated rings. The highest BCUT2D eigenvalue weighted by molar-refractivity contribution is 5.80. The SMILES string of the molecule is CN(C)C(=O)[C@@H]1CC[C@@H]2[C@@H](CCN2Cc2cccnc2)O1. The Kier molecular flexibility index (Phi) is 4.22. The van der Waals surface area contributed by atoms with Crippen molar-refractivity contribution in [3.05, 3.63) is 30.1 Å². The highest BCUT2D eigenvalue weighted by Gasteiger charge is 2.41. The summed E-state index contributed by atoms with van der Waals surface area (Å²) >= 11 is 0. The van der Waals surface area contributed by atoms with Gasteiger partial charge in [0.05, 0.1) is 6.10 Å². The number of pyridine rings is 1. The quantitative estimate of drug-likeness (QED) is 0.841. The number of hydrogen-bond acceptors (Lipinski definition) is 4. The summed E-state index contributed by atoms with van der Waals surface area (Å²) in [6.45, 7) is 1.96. The summed E-state index contributed by atoms with van der Waals surface area (Å²) in [4.78, 5) is 20.3. The van der Waals surface area contributed by atoms with E-state index in [1.165, 1.54) is 5.56 Å². The third-order valence-corrected chi connectivity index (χ3v) is 4.49. The third kappa shape index (κ3) is 3.09. The molecule has 0 aromatic carbocycles. The number of carbonyl (C=O) groups excluding carboxylic acids is 1. The number of fused-ring (bicyclic) bond motifs is 1. The van der Waals surface area contributed by atoms with Crippen LogP contribution in [0.15, 0.2) is 24.5 Å². The van der Waals surface area contributed by atoms with Gasteiger partial charge >= 0.3 is 0 Å². The predicted octanol–water partition coefficient (Wildman–Crippen LogP) is 1.29. The number of nitrogens with zero attached hydrogens (tertiary/aromatic N) is 3. The van der Waals surface area contributed by atoms with Gasteiger partial charge in [0.1, 0.15) is 6.10 Å². The van der Waals surface area contributed by atoms with Gasteiger partial charge in [-0.15, -0.1) is 0 Å². The minimum Gasteiger partial charge on any atom is -0.363 e. The molecule has 1 aromatic heterocycles. The van der Waals surface area contributed by atoms with E-state index >= 15 is 0 Å². The second kappa shape index (κ2) is 6.12. The average molecular weight is 289 g/mol. The topological polar surface area (TPSA) is 45.7 Å². The Bertz CT molecular complexity index is 492. The van der Waals surface area contributed by atoms with Gasteiger partial charge in [0, 0.05) is 45.6 Å². The Balaban J connectivity index is 1.61. The molecule has 0 bridgehead atoms. The van der Waals surface area contributed by atoms with Crippen molar-refractivity contribution in [3.63, 3.8) is 0 Å². The fraction of sp³-hybridized carbons (Fsp3) is 0.625. The summed E-state index contributed by atoms with van der Waals surface area (Å²) in [5.41, 5.74) is 1.24. The van der Waals surface area contributed by atoms with Crippen LogP contribution in [0.5, 0.6) is 0 Å². The number of hydrogen-bond donors (Lipinski definition) is 0. The fourth-order valence-electron chi connectivity index (χ4n) is 3.41. The second-order valence-electron chi connectivity index (χ2n) is 6.16. The van der Waals surface area contributed by atoms with E-state index in [1.54, 1.807) is 25.2 Å². The number of rotatable bonds is 3. The Morgan fingerprint density at radius 2 is 2.29 bits per heavy atom. The molecule has 0 unspecified atom stereocenters. The molecule has 3 rings (SSSR count). The summed E-state index contributed by atoms with van der Waals surface area (Å²) in [6.07, 6.45) is 6.55. The molecule has 114 valence electrons. The Hall–Kier alpha value is -1.46. The van der Waals surface area contributed by atoms with E-state index in [2.05, 4.69) is 16.0 Å². The van der Waals surface area contributed by atoms with Gasteiger partial charge in [0.15, 0.2) is 0 Å². The van der Waals surface area contributed by atoms with Crippen molar-refractivity contribution in [1.29, 1.82) is 0 Å². The first-order valence-corrected chi connectivity index (χ1v) is 7.64. The molecule has 3 heterocycles. The van der Waals surface area contributed by atoms with Gasteiger partial charge in [-0.3, -0.25) is 14.7 Å². The molecule has 0 aliphatic carbocycles. The van der Waals surface area contributed by atoms with E-state index in [4.69, 9.17) is 4.74 Å². The largest absolute Gasteiger partial charge is 0.363 e. The molecule has 0 radical (unpaired) electrons. The minimum absolute atomic E-state index is 0.0964. The summed E-state index contributed by atoms with van der Waals surface area (Å²) in [7, 11) is 3.59. The van der Waals surface area contributed by atoms with Gasteiger partial charge in [-0.05, 0) is 30.9 Å². The molecular formula is C16H23N3O2. The van der Waals surface area contributed by atoms with E-state index in [1.807, 2.05) is 12.3 Å². The van der Waals surface area contributed by atoms with Crippen LogP contribution in [0.3, 0.4) is 0 Å². The van der Waals surface area contributed by atoms with Crippen LogP contribution in [0.2, 0.25) is 0 Å². The lowest BCUT2D eigenvalue weighted by Gasteiger charge is -2.36. The Morgan fingerprint density at radius 1 is 1.43 bits per heavy atom. The number of likely N-dealkylation sites (tertiary alicyclic amines) is 1. The Morgan fingerprint density at radius 3 is 3.00 bits per heavy atom. The lowest BCUT2D eigenvalue weighted by atomic mass is 9.98. The van der Waals surface area contributed by atoms with Crippen molar-refractivity contribution in [2.24, 2.45) is 0 Å². The average Bonchev–Trinajstić information content (AvgIpc) is 2.90. The first-order chi connectivity index (χ1) is 10.1. The zero-order valence-electron chi connectivity index (χ0n) is 12.7. The highest BCUT2D eigenvalue weighted by atomic mass is 16.5. The van der Waals surface area contributed by atoms with E-state index in [-0.39, 0.29) is 18.1 Å². The normalized spacial score (nSPS) is 29.1. The van der Waals surface area contributed by atoms with E-state index in [0.29, 0.717) is 6.04 Å². The first-order valence-electron chi connectivity index (χ1n) is 7.64. The molecule has 0 saturated carbocycles. The monoisotopic (exact) mass is 289 g/mol. The lowest BCUT2D eigenvalue weighted by Crippen LogP contribution is -2.47. The van der Waals surface area contributed by atoms with Crippen LogP contribution in [0.4, 0.5) is 0 Å². The minimum atomic E-state index is -0.250. The van der Waals surface area contributed by atoms with Gasteiger partial charge in [-0.2, -0.15) is 0 Å². The van der Waals surface area contributed by atoms with Gasteiger partial charge in [0.25, 0.3) is 5.91 Å². The van der Waals surface area contributed by atoms with Crippen LogP contribution < -0.4 is 0 Å². The lowest BCUT2D eigenvalue weighted by molar-refractivity contribution is -0.152. The van der Waals surface area contributed by atoms with Gasteiger partial charge < -0.3 is 9.64 Å². The smallest absolute Gasteiger partial charge is 0.251 e. The van der Waals surface area contributed by atoms with Crippen LogP contribution in [-0.2, 0) is 16.1 Å². The molecule has 2 aliphatic heterocycles. The van der Waals surface area contributed by atoms with E-state index in [0.717, 1.165) is 32.4 Å². The summed E-state index contributed by atoms with van der Waals surface area (Å²) < 4.78 is 6.05. The molecule has 2 saturated heterocycles. The molecule has 3 atom stereocenters. The van der Waals surface area contributed by atoms with Gasteiger partial charge in [-0.25, -0.2) is 0 Å². The predicted molar refractivity (Wildman–Crippen MR) is 79.6 cm³/mol. The van der Waals surface area contributed by atoms with Gasteiger partial charge in [-0.1, -0.05) is 6.07 Å². The number of ether oxygens (including phenoxy) is 1. The number of carbonyl (C=O) groups is 1. The second-order valence-corrected chi connectivity index (χ2v) is 6.16. The van der Waals surface area contributed by atoms with Crippen LogP contribution in [0, 0.1) is 0 Å². The van der Waals surface area contributed by atoms with Crippen molar-refractivity contribution in [1.82, 2.24) is 14.8 Å². The third-order valence-electron chi connectivity index (χ3n) is 4.49. The van der Waals surface area contributed by atoms with Gasteiger partial charge in [0.2, 0.25) is 0 Å². The van der Waals surface area contributed by atoms with Crippen LogP contribution in [-0.4, -0.2) is 59.6 Å². The van der Waals surface area contributed by atoms with E-state index < -0.39 is 0 Å². The zero-order valence-corrected chi connectivity index (χ0v) is 12.7. The summed E-state index contributed by atoms with van der Waals surface area (Å²) in [5, 5.41) is 0. The maximum absolute atomic E-state index is 12.0. The van der Waals surface area contributed by atoms with Crippen LogP contribution >= 0.6 is 0 Å². The molecule has 2 aliphatic rings. The standard InChI is InChI=1S/C16H23N3O2/c1-18(2)16(20)15-6-5-13-14(21-15)7-9-19(13)11-12-4-3-8-17-10-12/h3-4,8,10,13-15H,5-7,9,11H2,1-2H3/t13-,14-,15+/m1/s1. The van der Waals surface area contributed by atoms with Crippen molar-refractivity contribution in [2.45, 2.75) is 44.1 Å². The zero-order chi connectivity index (χ0) is 14.8. The highest BCUT2D eigenvalue weighted by Crippen LogP contribution is 2.32. The molecular weight excluding hydrogens is 266 g/mol. The Labute approximate surface area is 125 Å². The molecule has 1 amide bonds. The number of aromatic nitrogens is 1. The fourth-order valence-corrected chi connectivity index (χ4v) is 3.41.